The molecule has 0 unspecified atom stereocenters. The van der Waals surface area contributed by atoms with Crippen LogP contribution >= 0.6 is 0 Å². The van der Waals surface area contributed by atoms with E-state index in [2.05, 4.69) is 17.6 Å². The van der Waals surface area contributed by atoms with Crippen molar-refractivity contribution in [3.05, 3.63) is 28.7 Å². The number of nitrogens with one attached hydrogen (secondary N) is 2. The van der Waals surface area contributed by atoms with E-state index >= 15 is 0 Å². The summed E-state index contributed by atoms with van der Waals surface area (Å²) in [7, 11) is 1.70. The van der Waals surface area contributed by atoms with Crippen molar-refractivity contribution >= 4 is 11.6 Å². The minimum atomic E-state index is -0.154. The number of carbonyl (C=O) groups excluding carboxylic acids is 1. The third-order valence-corrected chi connectivity index (χ3v) is 2.37. The zero-order chi connectivity index (χ0) is 12.7. The summed E-state index contributed by atoms with van der Waals surface area (Å²) in [6.07, 6.45) is 3.74. The van der Waals surface area contributed by atoms with Gasteiger partial charge in [0.2, 0.25) is 5.91 Å². The van der Waals surface area contributed by atoms with Gasteiger partial charge in [-0.1, -0.05) is 13.3 Å². The Morgan fingerprint density at radius 1 is 1.47 bits per heavy atom. The molecule has 17 heavy (non-hydrogen) atoms. The smallest absolute Gasteiger partial charge is 0.252 e. The van der Waals surface area contributed by atoms with Crippen LogP contribution in [0.15, 0.2) is 23.1 Å². The number of unbranched alkanes of at least 4 members (excludes halogenated alkanes) is 1. The molecule has 0 atom stereocenters. The predicted molar refractivity (Wildman–Crippen MR) is 68.2 cm³/mol. The summed E-state index contributed by atoms with van der Waals surface area (Å²) in [5.41, 5.74) is 0.462. The highest BCUT2D eigenvalue weighted by atomic mass is 16.2. The molecule has 1 heterocycles. The fraction of sp³-hybridized carbons (Fsp3) is 0.500. The second-order valence-electron chi connectivity index (χ2n) is 3.88. The summed E-state index contributed by atoms with van der Waals surface area (Å²) in [6, 6.07) is 3.19. The summed E-state index contributed by atoms with van der Waals surface area (Å²) in [6.45, 7) is 3.04. The van der Waals surface area contributed by atoms with Crippen LogP contribution in [0.2, 0.25) is 0 Å². The van der Waals surface area contributed by atoms with Crippen LogP contribution in [0, 0.1) is 0 Å². The summed E-state index contributed by atoms with van der Waals surface area (Å²) < 4.78 is 1.65. The SMILES string of the molecule is CCCCn1ccc(NC(=O)CNC)cc1=O. The van der Waals surface area contributed by atoms with E-state index in [1.807, 2.05) is 0 Å². The Hall–Kier alpha value is -1.62. The molecule has 5 nitrogen and oxygen atoms in total. The molecule has 1 aromatic rings. The van der Waals surface area contributed by atoms with E-state index < -0.39 is 0 Å². The third kappa shape index (κ3) is 4.40. The Morgan fingerprint density at radius 3 is 2.82 bits per heavy atom. The number of carbonyl (C=O) groups is 1. The number of hydrogen-bond acceptors (Lipinski definition) is 3. The third-order valence-electron chi connectivity index (χ3n) is 2.37. The number of aromatic nitrogens is 1. The topological polar surface area (TPSA) is 63.1 Å². The van der Waals surface area contributed by atoms with E-state index in [1.165, 1.54) is 6.07 Å². The summed E-state index contributed by atoms with van der Waals surface area (Å²) >= 11 is 0. The Balaban J connectivity index is 2.68. The van der Waals surface area contributed by atoms with Crippen LogP contribution in [0.25, 0.3) is 0 Å². The van der Waals surface area contributed by atoms with Gasteiger partial charge in [-0.2, -0.15) is 0 Å². The molecule has 0 spiro atoms. The van der Waals surface area contributed by atoms with E-state index in [9.17, 15) is 9.59 Å². The Labute approximate surface area is 101 Å². The molecule has 0 aliphatic heterocycles. The van der Waals surface area contributed by atoms with Gasteiger partial charge in [-0.05, 0) is 19.5 Å². The Morgan fingerprint density at radius 2 is 2.24 bits per heavy atom. The van der Waals surface area contributed by atoms with Crippen molar-refractivity contribution in [3.63, 3.8) is 0 Å². The van der Waals surface area contributed by atoms with Gasteiger partial charge >= 0.3 is 0 Å². The first-order chi connectivity index (χ1) is 8.17. The maximum atomic E-state index is 11.7. The lowest BCUT2D eigenvalue weighted by molar-refractivity contribution is -0.115. The molecule has 2 N–H and O–H groups in total. The lowest BCUT2D eigenvalue weighted by Gasteiger charge is -2.07. The first-order valence-electron chi connectivity index (χ1n) is 5.82. The molecule has 0 bridgehead atoms. The standard InChI is InChI=1S/C12H19N3O2/c1-3-4-6-15-7-5-10(8-12(15)17)14-11(16)9-13-2/h5,7-8,13H,3-4,6,9H2,1-2H3,(H,14,16). The van der Waals surface area contributed by atoms with E-state index in [1.54, 1.807) is 23.9 Å². The predicted octanol–water partition coefficient (Wildman–Crippen LogP) is 0.806. The molecule has 0 aromatic carbocycles. The van der Waals surface area contributed by atoms with Crippen LogP contribution in [-0.2, 0) is 11.3 Å². The minimum absolute atomic E-state index is 0.0827. The second kappa shape index (κ2) is 6.85. The van der Waals surface area contributed by atoms with Crippen LogP contribution in [-0.4, -0.2) is 24.1 Å². The van der Waals surface area contributed by atoms with Crippen molar-refractivity contribution in [1.82, 2.24) is 9.88 Å². The van der Waals surface area contributed by atoms with E-state index in [4.69, 9.17) is 0 Å². The van der Waals surface area contributed by atoms with Gasteiger partial charge in [0.1, 0.15) is 0 Å². The molecule has 1 aromatic heterocycles. The van der Waals surface area contributed by atoms with Crippen molar-refractivity contribution in [3.8, 4) is 0 Å². The number of hydrogen-bond donors (Lipinski definition) is 2. The van der Waals surface area contributed by atoms with Crippen molar-refractivity contribution in [1.29, 1.82) is 0 Å². The normalized spacial score (nSPS) is 10.2. The molecule has 0 radical (unpaired) electrons. The number of aryl methyl sites for hydroxylation is 1. The minimum Gasteiger partial charge on any atom is -0.325 e. The highest BCUT2D eigenvalue weighted by Crippen LogP contribution is 2.02. The van der Waals surface area contributed by atoms with E-state index in [-0.39, 0.29) is 18.0 Å². The largest absolute Gasteiger partial charge is 0.325 e. The van der Waals surface area contributed by atoms with Gasteiger partial charge in [0.15, 0.2) is 0 Å². The molecule has 0 aliphatic carbocycles. The monoisotopic (exact) mass is 237 g/mol. The Bertz CT molecular complexity index is 426. The van der Waals surface area contributed by atoms with Crippen molar-refractivity contribution in [2.75, 3.05) is 18.9 Å². The van der Waals surface area contributed by atoms with Gasteiger partial charge in [0.05, 0.1) is 6.54 Å². The highest BCUT2D eigenvalue weighted by molar-refractivity contribution is 5.92. The molecule has 0 saturated heterocycles. The number of pyridine rings is 1. The average molecular weight is 237 g/mol. The lowest BCUT2D eigenvalue weighted by atomic mass is 10.3. The van der Waals surface area contributed by atoms with E-state index in [0.29, 0.717) is 5.69 Å². The number of likely N-dealkylation sites (N-methyl/N-ethyl adjacent to an activating group) is 1. The van der Waals surface area contributed by atoms with Gasteiger partial charge in [-0.3, -0.25) is 9.59 Å². The number of rotatable bonds is 6. The molecule has 0 saturated carbocycles. The summed E-state index contributed by atoms with van der Waals surface area (Å²) in [4.78, 5) is 23.0. The fourth-order valence-electron chi connectivity index (χ4n) is 1.46. The Kier molecular flexibility index (Phi) is 5.42. The molecular formula is C12H19N3O2. The molecular weight excluding hydrogens is 218 g/mol. The van der Waals surface area contributed by atoms with Gasteiger partial charge in [-0.25, -0.2) is 0 Å². The molecule has 1 rings (SSSR count). The van der Waals surface area contributed by atoms with Gasteiger partial charge < -0.3 is 15.2 Å². The zero-order valence-electron chi connectivity index (χ0n) is 10.3. The second-order valence-corrected chi connectivity index (χ2v) is 3.88. The highest BCUT2D eigenvalue weighted by Gasteiger charge is 2.02. The first kappa shape index (κ1) is 13.4. The molecule has 5 heteroatoms. The maximum absolute atomic E-state index is 11.7. The zero-order valence-corrected chi connectivity index (χ0v) is 10.3. The van der Waals surface area contributed by atoms with Crippen molar-refractivity contribution < 1.29 is 4.79 Å². The average Bonchev–Trinajstić information content (AvgIpc) is 2.28. The van der Waals surface area contributed by atoms with Crippen molar-refractivity contribution in [2.45, 2.75) is 26.3 Å². The summed E-state index contributed by atoms with van der Waals surface area (Å²) in [5.74, 6) is -0.154. The molecule has 1 amide bonds. The molecule has 94 valence electrons. The van der Waals surface area contributed by atoms with Crippen LogP contribution in [0.4, 0.5) is 5.69 Å². The van der Waals surface area contributed by atoms with Gasteiger partial charge in [0.25, 0.3) is 5.56 Å². The van der Waals surface area contributed by atoms with Crippen LogP contribution < -0.4 is 16.2 Å². The van der Waals surface area contributed by atoms with Crippen LogP contribution in [0.3, 0.4) is 0 Å². The first-order valence-corrected chi connectivity index (χ1v) is 5.82. The molecule has 0 fully saturated rings. The summed E-state index contributed by atoms with van der Waals surface area (Å²) in [5, 5.41) is 5.40. The quantitative estimate of drug-likeness (QED) is 0.769. The number of amides is 1. The lowest BCUT2D eigenvalue weighted by Crippen LogP contribution is -2.26. The van der Waals surface area contributed by atoms with Gasteiger partial charge in [0, 0.05) is 24.5 Å². The number of nitrogens with zero attached hydrogens (tertiary/aromatic N) is 1. The van der Waals surface area contributed by atoms with Crippen LogP contribution in [0.5, 0.6) is 0 Å². The number of anilines is 1. The van der Waals surface area contributed by atoms with Crippen LogP contribution in [0.1, 0.15) is 19.8 Å². The maximum Gasteiger partial charge on any atom is 0.252 e. The molecule has 0 aliphatic rings. The fourth-order valence-corrected chi connectivity index (χ4v) is 1.46. The van der Waals surface area contributed by atoms with Crippen molar-refractivity contribution in [2.24, 2.45) is 0 Å². The van der Waals surface area contributed by atoms with E-state index in [0.717, 1.165) is 19.4 Å². The van der Waals surface area contributed by atoms with Gasteiger partial charge in [-0.15, -0.1) is 0 Å².